The lowest BCUT2D eigenvalue weighted by Crippen LogP contribution is -2.23. The second-order valence-corrected chi connectivity index (χ2v) is 5.63. The van der Waals surface area contributed by atoms with Gasteiger partial charge in [-0.3, -0.25) is 4.79 Å². The number of aromatic amines is 1. The minimum absolute atomic E-state index is 0.219. The van der Waals surface area contributed by atoms with E-state index in [0.717, 1.165) is 22.2 Å². The number of hydrogen-bond donors (Lipinski definition) is 2. The Labute approximate surface area is 138 Å². The highest BCUT2D eigenvalue weighted by molar-refractivity contribution is 5.94. The summed E-state index contributed by atoms with van der Waals surface area (Å²) < 4.78 is 18.9. The Morgan fingerprint density at radius 2 is 2.12 bits per heavy atom. The summed E-state index contributed by atoms with van der Waals surface area (Å²) in [7, 11) is 1.49. The molecule has 1 aromatic carbocycles. The van der Waals surface area contributed by atoms with Crippen LogP contribution in [-0.4, -0.2) is 23.0 Å². The summed E-state index contributed by atoms with van der Waals surface area (Å²) in [5.41, 5.74) is 3.99. The van der Waals surface area contributed by atoms with E-state index in [1.165, 1.54) is 25.4 Å². The van der Waals surface area contributed by atoms with Crippen molar-refractivity contribution in [3.8, 4) is 5.88 Å². The molecule has 2 N–H and O–H groups in total. The molecule has 1 amide bonds. The predicted octanol–water partition coefficient (Wildman–Crippen LogP) is 3.26. The molecule has 124 valence electrons. The van der Waals surface area contributed by atoms with Crippen molar-refractivity contribution in [3.63, 3.8) is 0 Å². The number of amides is 1. The Morgan fingerprint density at radius 3 is 2.88 bits per heavy atom. The van der Waals surface area contributed by atoms with Crippen LogP contribution < -0.4 is 10.1 Å². The van der Waals surface area contributed by atoms with Crippen molar-refractivity contribution in [2.24, 2.45) is 0 Å². The molecule has 0 radical (unpaired) electrons. The number of ether oxygens (including phenoxy) is 1. The molecule has 0 spiro atoms. The molecule has 0 fully saturated rings. The number of aromatic nitrogens is 2. The second-order valence-electron chi connectivity index (χ2n) is 5.63. The van der Waals surface area contributed by atoms with Gasteiger partial charge in [0.05, 0.1) is 12.6 Å². The first-order valence-electron chi connectivity index (χ1n) is 7.55. The minimum Gasteiger partial charge on any atom is -0.481 e. The van der Waals surface area contributed by atoms with E-state index < -0.39 is 0 Å². The molecule has 3 rings (SSSR count). The van der Waals surface area contributed by atoms with Crippen molar-refractivity contribution in [2.45, 2.75) is 20.4 Å². The third-order valence-electron chi connectivity index (χ3n) is 4.11. The normalized spacial score (nSPS) is 10.8. The summed E-state index contributed by atoms with van der Waals surface area (Å²) in [6.45, 7) is 4.11. The van der Waals surface area contributed by atoms with E-state index in [1.807, 2.05) is 13.8 Å². The van der Waals surface area contributed by atoms with Gasteiger partial charge in [-0.25, -0.2) is 9.37 Å². The maximum Gasteiger partial charge on any atom is 0.251 e. The van der Waals surface area contributed by atoms with E-state index in [0.29, 0.717) is 17.0 Å². The molecule has 3 aromatic rings. The summed E-state index contributed by atoms with van der Waals surface area (Å²) in [5.74, 6) is -0.223. The highest BCUT2D eigenvalue weighted by atomic mass is 19.1. The number of nitrogens with zero attached hydrogens (tertiary/aromatic N) is 1. The molecule has 0 saturated carbocycles. The molecule has 0 aliphatic carbocycles. The number of H-pyrrole nitrogens is 1. The number of benzene rings is 1. The average Bonchev–Trinajstić information content (AvgIpc) is 2.87. The number of carbonyl (C=O) groups excluding carboxylic acids is 1. The van der Waals surface area contributed by atoms with E-state index in [4.69, 9.17) is 4.74 Å². The van der Waals surface area contributed by atoms with Crippen LogP contribution in [0.15, 0.2) is 30.5 Å². The lowest BCUT2D eigenvalue weighted by atomic mass is 10.1. The van der Waals surface area contributed by atoms with Gasteiger partial charge >= 0.3 is 0 Å². The molecule has 24 heavy (non-hydrogen) atoms. The fourth-order valence-electron chi connectivity index (χ4n) is 2.67. The summed E-state index contributed by atoms with van der Waals surface area (Å²) in [6, 6.07) is 6.10. The molecular formula is C18H18FN3O2. The van der Waals surface area contributed by atoms with Crippen LogP contribution in [0.2, 0.25) is 0 Å². The Balaban J connectivity index is 1.85. The zero-order chi connectivity index (χ0) is 17.3. The fraction of sp³-hybridized carbons (Fsp3) is 0.222. The molecule has 2 aromatic heterocycles. The van der Waals surface area contributed by atoms with Gasteiger partial charge in [-0.15, -0.1) is 0 Å². The smallest absolute Gasteiger partial charge is 0.251 e. The number of rotatable bonds is 4. The Hall–Kier alpha value is -2.89. The Bertz CT molecular complexity index is 918. The fourth-order valence-corrected chi connectivity index (χ4v) is 2.67. The van der Waals surface area contributed by atoms with Crippen LogP contribution in [-0.2, 0) is 6.54 Å². The van der Waals surface area contributed by atoms with Crippen LogP contribution in [0.25, 0.3) is 10.9 Å². The largest absolute Gasteiger partial charge is 0.481 e. The van der Waals surface area contributed by atoms with Gasteiger partial charge in [0.1, 0.15) is 5.82 Å². The highest BCUT2D eigenvalue weighted by Gasteiger charge is 2.13. The number of hydrogen-bond acceptors (Lipinski definition) is 3. The van der Waals surface area contributed by atoms with Crippen molar-refractivity contribution in [3.05, 3.63) is 58.7 Å². The van der Waals surface area contributed by atoms with Crippen LogP contribution in [0.3, 0.4) is 0 Å². The van der Waals surface area contributed by atoms with Gasteiger partial charge in [-0.1, -0.05) is 0 Å². The third kappa shape index (κ3) is 2.95. The Morgan fingerprint density at radius 1 is 1.33 bits per heavy atom. The first kappa shape index (κ1) is 16.0. The summed E-state index contributed by atoms with van der Waals surface area (Å²) in [4.78, 5) is 19.5. The number of fused-ring (bicyclic) bond motifs is 1. The van der Waals surface area contributed by atoms with Crippen molar-refractivity contribution < 1.29 is 13.9 Å². The van der Waals surface area contributed by atoms with Gasteiger partial charge in [-0.2, -0.15) is 0 Å². The maximum atomic E-state index is 13.9. The molecule has 0 aliphatic rings. The van der Waals surface area contributed by atoms with Gasteiger partial charge in [0.25, 0.3) is 5.91 Å². The SMILES string of the molecule is COc1cc(C(=O)NCc2cc(F)cc3c(C)c(C)[nH]c23)ccn1. The van der Waals surface area contributed by atoms with Crippen LogP contribution in [0.5, 0.6) is 5.88 Å². The van der Waals surface area contributed by atoms with E-state index >= 15 is 0 Å². The molecular weight excluding hydrogens is 309 g/mol. The lowest BCUT2D eigenvalue weighted by Gasteiger charge is -2.08. The highest BCUT2D eigenvalue weighted by Crippen LogP contribution is 2.25. The molecule has 5 nitrogen and oxygen atoms in total. The number of pyridine rings is 1. The molecule has 2 heterocycles. The number of carbonyl (C=O) groups is 1. The molecule has 0 aliphatic heterocycles. The molecule has 0 saturated heterocycles. The van der Waals surface area contributed by atoms with E-state index in [9.17, 15) is 9.18 Å². The monoisotopic (exact) mass is 327 g/mol. The first-order valence-corrected chi connectivity index (χ1v) is 7.55. The molecule has 6 heteroatoms. The third-order valence-corrected chi connectivity index (χ3v) is 4.11. The van der Waals surface area contributed by atoms with E-state index in [1.54, 1.807) is 12.1 Å². The molecule has 0 unspecified atom stereocenters. The van der Waals surface area contributed by atoms with Crippen LogP contribution in [0.4, 0.5) is 4.39 Å². The zero-order valence-electron chi connectivity index (χ0n) is 13.7. The quantitative estimate of drug-likeness (QED) is 0.773. The van der Waals surface area contributed by atoms with Crippen molar-refractivity contribution in [1.29, 1.82) is 0 Å². The van der Waals surface area contributed by atoms with Gasteiger partial charge in [-0.05, 0) is 43.2 Å². The summed E-state index contributed by atoms with van der Waals surface area (Å²) >= 11 is 0. The van der Waals surface area contributed by atoms with Crippen LogP contribution >= 0.6 is 0 Å². The summed E-state index contributed by atoms with van der Waals surface area (Å²) in [5, 5.41) is 3.64. The second kappa shape index (κ2) is 6.31. The van der Waals surface area contributed by atoms with E-state index in [-0.39, 0.29) is 18.3 Å². The first-order chi connectivity index (χ1) is 11.5. The summed E-state index contributed by atoms with van der Waals surface area (Å²) in [6.07, 6.45) is 1.51. The minimum atomic E-state index is -0.320. The van der Waals surface area contributed by atoms with Crippen molar-refractivity contribution in [2.75, 3.05) is 7.11 Å². The topological polar surface area (TPSA) is 67.0 Å². The average molecular weight is 327 g/mol. The predicted molar refractivity (Wildman–Crippen MR) is 89.7 cm³/mol. The van der Waals surface area contributed by atoms with Crippen molar-refractivity contribution in [1.82, 2.24) is 15.3 Å². The standard InChI is InChI=1S/C18H18FN3O2/c1-10-11(2)22-17-13(6-14(19)8-15(10)17)9-21-18(23)12-4-5-20-16(7-12)24-3/h4-8,22H,9H2,1-3H3,(H,21,23). The van der Waals surface area contributed by atoms with Gasteiger partial charge in [0.2, 0.25) is 5.88 Å². The number of aryl methyl sites for hydroxylation is 2. The van der Waals surface area contributed by atoms with Gasteiger partial charge in [0, 0.05) is 35.5 Å². The van der Waals surface area contributed by atoms with Gasteiger partial charge < -0.3 is 15.0 Å². The van der Waals surface area contributed by atoms with Crippen molar-refractivity contribution >= 4 is 16.8 Å². The van der Waals surface area contributed by atoms with Crippen LogP contribution in [0, 0.1) is 19.7 Å². The Kier molecular flexibility index (Phi) is 4.20. The number of nitrogens with one attached hydrogen (secondary N) is 2. The van der Waals surface area contributed by atoms with Gasteiger partial charge in [0.15, 0.2) is 0 Å². The van der Waals surface area contributed by atoms with E-state index in [2.05, 4.69) is 15.3 Å². The number of methoxy groups -OCH3 is 1. The van der Waals surface area contributed by atoms with Crippen LogP contribution in [0.1, 0.15) is 27.2 Å². The molecule has 0 bridgehead atoms. The maximum absolute atomic E-state index is 13.9. The number of halogens is 1. The zero-order valence-corrected chi connectivity index (χ0v) is 13.7. The lowest BCUT2D eigenvalue weighted by molar-refractivity contribution is 0.0950. The molecule has 0 atom stereocenters.